The van der Waals surface area contributed by atoms with Crippen molar-refractivity contribution in [1.82, 2.24) is 5.32 Å². The summed E-state index contributed by atoms with van der Waals surface area (Å²) in [6.07, 6.45) is 0.753. The number of benzene rings is 3. The number of hydrogen-bond acceptors (Lipinski definition) is 2. The molecule has 0 spiro atoms. The first-order valence-corrected chi connectivity index (χ1v) is 10.1. The largest absolute Gasteiger partial charge is 0.352 e. The number of nitrogens with one attached hydrogen (secondary N) is 2. The molecule has 0 bridgehead atoms. The van der Waals surface area contributed by atoms with Gasteiger partial charge in [0.2, 0.25) is 0 Å². The summed E-state index contributed by atoms with van der Waals surface area (Å²) in [7, 11) is 0. The van der Waals surface area contributed by atoms with Crippen LogP contribution in [0.4, 0.5) is 5.69 Å². The van der Waals surface area contributed by atoms with E-state index in [1.165, 1.54) is 5.56 Å². The minimum absolute atomic E-state index is 0.203. The van der Waals surface area contributed by atoms with Gasteiger partial charge in [0.1, 0.15) is 0 Å². The van der Waals surface area contributed by atoms with Gasteiger partial charge in [-0.1, -0.05) is 48.5 Å². The van der Waals surface area contributed by atoms with Crippen molar-refractivity contribution in [3.05, 3.63) is 98.6 Å². The molecule has 0 aliphatic carbocycles. The normalized spacial score (nSPS) is 10.4. The first-order valence-electron chi connectivity index (χ1n) is 9.03. The van der Waals surface area contributed by atoms with E-state index in [1.807, 2.05) is 49.4 Å². The Labute approximate surface area is 178 Å². The number of halogens is 1. The average Bonchev–Trinajstić information content (AvgIpc) is 2.71. The number of carbonyl (C=O) groups is 2. The molecule has 28 heavy (non-hydrogen) atoms. The second-order valence-corrected chi connectivity index (χ2v) is 7.62. The van der Waals surface area contributed by atoms with Gasteiger partial charge in [-0.3, -0.25) is 9.59 Å². The third-order valence-corrected chi connectivity index (χ3v) is 5.56. The molecule has 0 heterocycles. The van der Waals surface area contributed by atoms with Crippen molar-refractivity contribution in [3.8, 4) is 0 Å². The zero-order valence-electron chi connectivity index (χ0n) is 15.5. The zero-order chi connectivity index (χ0) is 19.9. The molecule has 3 aromatic rings. The molecule has 3 aromatic carbocycles. The molecular formula is C23H21IN2O2. The molecule has 0 saturated heterocycles. The first-order chi connectivity index (χ1) is 13.5. The Morgan fingerprint density at radius 2 is 1.61 bits per heavy atom. The number of aryl methyl sites for hydroxylation is 1. The van der Waals surface area contributed by atoms with Crippen molar-refractivity contribution in [2.75, 3.05) is 11.9 Å². The quantitative estimate of drug-likeness (QED) is 0.493. The van der Waals surface area contributed by atoms with Gasteiger partial charge >= 0.3 is 0 Å². The standard InChI is InChI=1S/C23H21IN2O2/c1-16-11-12-18(15-20(16)24)22(27)26-21-10-6-5-9-19(21)23(28)25-14-13-17-7-3-2-4-8-17/h2-12,15H,13-14H2,1H3,(H,25,28)(H,26,27). The number of hydrogen-bond donors (Lipinski definition) is 2. The summed E-state index contributed by atoms with van der Waals surface area (Å²) in [5.41, 5.74) is 3.80. The first kappa shape index (κ1) is 20.1. The van der Waals surface area contributed by atoms with Crippen LogP contribution in [0.25, 0.3) is 0 Å². The Morgan fingerprint density at radius 3 is 2.36 bits per heavy atom. The van der Waals surface area contributed by atoms with Crippen LogP contribution in [0.3, 0.4) is 0 Å². The van der Waals surface area contributed by atoms with E-state index in [1.54, 1.807) is 30.3 Å². The molecule has 0 saturated carbocycles. The lowest BCUT2D eigenvalue weighted by molar-refractivity contribution is 0.0955. The summed E-state index contributed by atoms with van der Waals surface area (Å²) < 4.78 is 1.03. The van der Waals surface area contributed by atoms with Gasteiger partial charge in [0.15, 0.2) is 0 Å². The number of carbonyl (C=O) groups excluding carboxylic acids is 2. The van der Waals surface area contributed by atoms with Crippen LogP contribution in [0.1, 0.15) is 31.8 Å². The minimum Gasteiger partial charge on any atom is -0.352 e. The fraction of sp³-hybridized carbons (Fsp3) is 0.130. The molecule has 2 N–H and O–H groups in total. The van der Waals surface area contributed by atoms with E-state index >= 15 is 0 Å². The molecule has 4 nitrogen and oxygen atoms in total. The maximum absolute atomic E-state index is 12.6. The van der Waals surface area contributed by atoms with Crippen molar-refractivity contribution < 1.29 is 9.59 Å². The summed E-state index contributed by atoms with van der Waals surface area (Å²) in [5.74, 6) is -0.437. The van der Waals surface area contributed by atoms with Gasteiger partial charge in [-0.15, -0.1) is 0 Å². The summed E-state index contributed by atoms with van der Waals surface area (Å²) >= 11 is 2.21. The van der Waals surface area contributed by atoms with E-state index in [-0.39, 0.29) is 11.8 Å². The van der Waals surface area contributed by atoms with E-state index in [9.17, 15) is 9.59 Å². The zero-order valence-corrected chi connectivity index (χ0v) is 17.7. The lowest BCUT2D eigenvalue weighted by Gasteiger charge is -2.12. The Hall–Kier alpha value is -2.67. The summed E-state index contributed by atoms with van der Waals surface area (Å²) in [4.78, 5) is 25.2. The van der Waals surface area contributed by atoms with Crippen molar-refractivity contribution in [2.24, 2.45) is 0 Å². The van der Waals surface area contributed by atoms with Gasteiger partial charge in [0.05, 0.1) is 11.3 Å². The maximum atomic E-state index is 12.6. The second-order valence-electron chi connectivity index (χ2n) is 6.46. The molecule has 0 fully saturated rings. The summed E-state index contributed by atoms with van der Waals surface area (Å²) in [6, 6.07) is 22.6. The minimum atomic E-state index is -0.234. The fourth-order valence-corrected chi connectivity index (χ4v) is 3.29. The van der Waals surface area contributed by atoms with Crippen molar-refractivity contribution in [3.63, 3.8) is 0 Å². The van der Waals surface area contributed by atoms with Crippen molar-refractivity contribution in [1.29, 1.82) is 0 Å². The fourth-order valence-electron chi connectivity index (χ4n) is 2.78. The highest BCUT2D eigenvalue weighted by Gasteiger charge is 2.14. The third kappa shape index (κ3) is 5.19. The van der Waals surface area contributed by atoms with Crippen LogP contribution in [0, 0.1) is 10.5 Å². The van der Waals surface area contributed by atoms with E-state index in [4.69, 9.17) is 0 Å². The SMILES string of the molecule is Cc1ccc(C(=O)Nc2ccccc2C(=O)NCCc2ccccc2)cc1I. The molecule has 0 unspecified atom stereocenters. The second kappa shape index (κ2) is 9.50. The average molecular weight is 484 g/mol. The number of amides is 2. The van der Waals surface area contributed by atoms with Crippen LogP contribution < -0.4 is 10.6 Å². The predicted molar refractivity (Wildman–Crippen MR) is 121 cm³/mol. The van der Waals surface area contributed by atoms with Crippen LogP contribution in [-0.4, -0.2) is 18.4 Å². The highest BCUT2D eigenvalue weighted by molar-refractivity contribution is 14.1. The summed E-state index contributed by atoms with van der Waals surface area (Å²) in [5, 5.41) is 5.79. The lowest BCUT2D eigenvalue weighted by atomic mass is 10.1. The van der Waals surface area contributed by atoms with E-state index in [2.05, 4.69) is 33.2 Å². The molecular weight excluding hydrogens is 463 g/mol. The van der Waals surface area contributed by atoms with E-state index < -0.39 is 0 Å². The molecule has 2 amide bonds. The van der Waals surface area contributed by atoms with Crippen LogP contribution in [-0.2, 0) is 6.42 Å². The van der Waals surface area contributed by atoms with Crippen LogP contribution in [0.2, 0.25) is 0 Å². The Bertz CT molecular complexity index is 987. The molecule has 5 heteroatoms. The summed E-state index contributed by atoms with van der Waals surface area (Å²) in [6.45, 7) is 2.53. The van der Waals surface area contributed by atoms with Crippen LogP contribution in [0.5, 0.6) is 0 Å². The molecule has 0 aromatic heterocycles. The smallest absolute Gasteiger partial charge is 0.255 e. The molecule has 0 radical (unpaired) electrons. The Morgan fingerprint density at radius 1 is 0.893 bits per heavy atom. The van der Waals surface area contributed by atoms with Gasteiger partial charge in [0, 0.05) is 15.7 Å². The molecule has 0 atom stereocenters. The van der Waals surface area contributed by atoms with Gasteiger partial charge < -0.3 is 10.6 Å². The highest BCUT2D eigenvalue weighted by atomic mass is 127. The molecule has 142 valence electrons. The molecule has 0 aliphatic rings. The lowest BCUT2D eigenvalue weighted by Crippen LogP contribution is -2.27. The van der Waals surface area contributed by atoms with Gasteiger partial charge in [-0.2, -0.15) is 0 Å². The van der Waals surface area contributed by atoms with Crippen molar-refractivity contribution >= 4 is 40.1 Å². The van der Waals surface area contributed by atoms with Crippen LogP contribution in [0.15, 0.2) is 72.8 Å². The van der Waals surface area contributed by atoms with Gasteiger partial charge in [-0.05, 0) is 71.3 Å². The maximum Gasteiger partial charge on any atom is 0.255 e. The Kier molecular flexibility index (Phi) is 6.81. The van der Waals surface area contributed by atoms with Gasteiger partial charge in [0.25, 0.3) is 11.8 Å². The van der Waals surface area contributed by atoms with Crippen LogP contribution >= 0.6 is 22.6 Å². The highest BCUT2D eigenvalue weighted by Crippen LogP contribution is 2.18. The predicted octanol–water partition coefficient (Wildman–Crippen LogP) is 4.82. The third-order valence-electron chi connectivity index (χ3n) is 4.40. The molecule has 0 aliphatic heterocycles. The number of para-hydroxylation sites is 1. The van der Waals surface area contributed by atoms with E-state index in [0.717, 1.165) is 15.6 Å². The van der Waals surface area contributed by atoms with Crippen molar-refractivity contribution in [2.45, 2.75) is 13.3 Å². The van der Waals surface area contributed by atoms with Gasteiger partial charge in [-0.25, -0.2) is 0 Å². The molecule has 3 rings (SSSR count). The number of rotatable bonds is 6. The Balaban J connectivity index is 1.67. The van der Waals surface area contributed by atoms with E-state index in [0.29, 0.717) is 23.4 Å². The monoisotopic (exact) mass is 484 g/mol. The topological polar surface area (TPSA) is 58.2 Å². The number of anilines is 1.